The number of fused-ring (bicyclic) bond motifs is 1. The van der Waals surface area contributed by atoms with Crippen molar-refractivity contribution >= 4 is 29.4 Å². The molecule has 5 heteroatoms. The number of hydrogen-bond acceptors (Lipinski definition) is 3. The molecule has 1 aliphatic heterocycles. The van der Waals surface area contributed by atoms with Gasteiger partial charge < -0.3 is 14.8 Å². The van der Waals surface area contributed by atoms with Crippen LogP contribution in [0.15, 0.2) is 54.6 Å². The average molecular weight is 329 g/mol. The summed E-state index contributed by atoms with van der Waals surface area (Å²) >= 11 is 0. The second kappa shape index (κ2) is 7.02. The van der Waals surface area contributed by atoms with Crippen LogP contribution in [-0.2, 0) is 6.54 Å². The van der Waals surface area contributed by atoms with Gasteiger partial charge in [0.05, 0.1) is 17.6 Å². The van der Waals surface area contributed by atoms with Crippen LogP contribution < -0.4 is 10.2 Å². The number of para-hydroxylation sites is 2. The molecule has 0 bridgehead atoms. The van der Waals surface area contributed by atoms with Gasteiger partial charge in [0.1, 0.15) is 0 Å². The Hall–Kier alpha value is -2.04. The molecule has 0 aliphatic carbocycles. The van der Waals surface area contributed by atoms with Gasteiger partial charge in [-0.2, -0.15) is 0 Å². The lowest BCUT2D eigenvalue weighted by atomic mass is 10.2. The average Bonchev–Trinajstić information content (AvgIpc) is 2.95. The molecule has 0 saturated carbocycles. The normalized spacial score (nSPS) is 14.7. The van der Waals surface area contributed by atoms with E-state index in [0.717, 1.165) is 44.2 Å². The van der Waals surface area contributed by atoms with E-state index in [-0.39, 0.29) is 12.4 Å². The number of aromatic nitrogens is 2. The molecule has 0 atom stereocenters. The minimum atomic E-state index is 0. The van der Waals surface area contributed by atoms with E-state index < -0.39 is 0 Å². The first-order valence-electron chi connectivity index (χ1n) is 7.87. The highest BCUT2D eigenvalue weighted by Gasteiger charge is 2.18. The van der Waals surface area contributed by atoms with Gasteiger partial charge in [-0.05, 0) is 17.7 Å². The Morgan fingerprint density at radius 1 is 0.913 bits per heavy atom. The van der Waals surface area contributed by atoms with E-state index in [9.17, 15) is 0 Å². The Bertz CT molecular complexity index is 763. The molecule has 1 fully saturated rings. The maximum Gasteiger partial charge on any atom is 0.206 e. The van der Waals surface area contributed by atoms with Crippen LogP contribution in [0.1, 0.15) is 5.56 Å². The third kappa shape index (κ3) is 3.19. The van der Waals surface area contributed by atoms with E-state index >= 15 is 0 Å². The van der Waals surface area contributed by atoms with E-state index in [0.29, 0.717) is 0 Å². The summed E-state index contributed by atoms with van der Waals surface area (Å²) in [6.07, 6.45) is 0. The van der Waals surface area contributed by atoms with Gasteiger partial charge in [-0.25, -0.2) is 4.98 Å². The number of benzene rings is 2. The van der Waals surface area contributed by atoms with Gasteiger partial charge in [0, 0.05) is 26.2 Å². The smallest absolute Gasteiger partial charge is 0.206 e. The van der Waals surface area contributed by atoms with Crippen LogP contribution >= 0.6 is 12.4 Å². The molecule has 4 rings (SSSR count). The number of halogens is 1. The standard InChI is InChI=1S/C18H20N4.ClH/c1-2-6-15(7-3-1)14-22-17-9-5-4-8-16(17)20-18(22)21-12-10-19-11-13-21;/h1-9,19H,10-14H2;1H. The van der Waals surface area contributed by atoms with Crippen LogP contribution in [0.2, 0.25) is 0 Å². The van der Waals surface area contributed by atoms with Crippen LogP contribution in [0.4, 0.5) is 5.95 Å². The summed E-state index contributed by atoms with van der Waals surface area (Å²) in [4.78, 5) is 7.28. The summed E-state index contributed by atoms with van der Waals surface area (Å²) in [6.45, 7) is 4.93. The highest BCUT2D eigenvalue weighted by atomic mass is 35.5. The monoisotopic (exact) mass is 328 g/mol. The highest BCUT2D eigenvalue weighted by Crippen LogP contribution is 2.24. The summed E-state index contributed by atoms with van der Waals surface area (Å²) in [5.74, 6) is 1.09. The number of rotatable bonds is 3. The van der Waals surface area contributed by atoms with Gasteiger partial charge in [-0.3, -0.25) is 0 Å². The Kier molecular flexibility index (Phi) is 4.84. The van der Waals surface area contributed by atoms with Crippen molar-refractivity contribution in [2.45, 2.75) is 6.54 Å². The molecule has 2 heterocycles. The van der Waals surface area contributed by atoms with Crippen molar-refractivity contribution in [3.63, 3.8) is 0 Å². The summed E-state index contributed by atoms with van der Waals surface area (Å²) in [6, 6.07) is 19.0. The number of nitrogens with zero attached hydrogens (tertiary/aromatic N) is 3. The molecule has 0 amide bonds. The van der Waals surface area contributed by atoms with Crippen LogP contribution in [0.25, 0.3) is 11.0 Å². The fourth-order valence-corrected chi connectivity index (χ4v) is 3.09. The first-order chi connectivity index (χ1) is 10.9. The molecule has 4 nitrogen and oxygen atoms in total. The summed E-state index contributed by atoms with van der Waals surface area (Å²) < 4.78 is 2.34. The molecule has 0 unspecified atom stereocenters. The van der Waals surface area contributed by atoms with Crippen molar-refractivity contribution < 1.29 is 0 Å². The molecule has 0 spiro atoms. The quantitative estimate of drug-likeness (QED) is 0.802. The Labute approximate surface area is 142 Å². The first-order valence-corrected chi connectivity index (χ1v) is 7.87. The number of nitrogens with one attached hydrogen (secondary N) is 1. The zero-order valence-electron chi connectivity index (χ0n) is 13.0. The zero-order chi connectivity index (χ0) is 14.8. The molecule has 1 aromatic heterocycles. The van der Waals surface area contributed by atoms with E-state index in [1.165, 1.54) is 11.1 Å². The fraction of sp³-hybridized carbons (Fsp3) is 0.278. The predicted molar refractivity (Wildman–Crippen MR) is 97.6 cm³/mol. The molecular formula is C18H21ClN4. The number of hydrogen-bond donors (Lipinski definition) is 1. The lowest BCUT2D eigenvalue weighted by Crippen LogP contribution is -2.44. The third-order valence-electron chi connectivity index (χ3n) is 4.22. The molecular weight excluding hydrogens is 308 g/mol. The van der Waals surface area contributed by atoms with Gasteiger partial charge in [0.15, 0.2) is 0 Å². The number of anilines is 1. The SMILES string of the molecule is Cl.c1ccc(Cn2c(N3CCNCC3)nc3ccccc32)cc1. The maximum absolute atomic E-state index is 4.89. The first kappa shape index (κ1) is 15.8. The van der Waals surface area contributed by atoms with Crippen LogP contribution in [0, 0.1) is 0 Å². The van der Waals surface area contributed by atoms with Crippen LogP contribution in [-0.4, -0.2) is 35.7 Å². The lowest BCUT2D eigenvalue weighted by Gasteiger charge is -2.29. The minimum Gasteiger partial charge on any atom is -0.340 e. The Morgan fingerprint density at radius 3 is 2.39 bits per heavy atom. The molecule has 1 aliphatic rings. The topological polar surface area (TPSA) is 33.1 Å². The lowest BCUT2D eigenvalue weighted by molar-refractivity contribution is 0.571. The van der Waals surface area contributed by atoms with Gasteiger partial charge in [0.2, 0.25) is 5.95 Å². The van der Waals surface area contributed by atoms with E-state index in [1.54, 1.807) is 0 Å². The van der Waals surface area contributed by atoms with E-state index in [2.05, 4.69) is 69.4 Å². The van der Waals surface area contributed by atoms with Gasteiger partial charge in [-0.1, -0.05) is 42.5 Å². The predicted octanol–water partition coefficient (Wildman–Crippen LogP) is 2.92. The minimum absolute atomic E-state index is 0. The largest absolute Gasteiger partial charge is 0.340 e. The summed E-state index contributed by atoms with van der Waals surface area (Å²) in [7, 11) is 0. The number of piperazine rings is 1. The van der Waals surface area contributed by atoms with Gasteiger partial charge in [0.25, 0.3) is 0 Å². The zero-order valence-corrected chi connectivity index (χ0v) is 13.8. The Balaban J connectivity index is 0.00000156. The molecule has 1 N–H and O–H groups in total. The molecule has 0 radical (unpaired) electrons. The summed E-state index contributed by atoms with van der Waals surface area (Å²) in [5, 5.41) is 3.41. The van der Waals surface area contributed by atoms with Gasteiger partial charge >= 0.3 is 0 Å². The van der Waals surface area contributed by atoms with Crippen molar-refractivity contribution in [3.8, 4) is 0 Å². The third-order valence-corrected chi connectivity index (χ3v) is 4.22. The van der Waals surface area contributed by atoms with Crippen LogP contribution in [0.5, 0.6) is 0 Å². The molecule has 1 saturated heterocycles. The van der Waals surface area contributed by atoms with Crippen molar-refractivity contribution in [3.05, 3.63) is 60.2 Å². The summed E-state index contributed by atoms with van der Waals surface area (Å²) in [5.41, 5.74) is 3.59. The van der Waals surface area contributed by atoms with Gasteiger partial charge in [-0.15, -0.1) is 12.4 Å². The van der Waals surface area contributed by atoms with Crippen molar-refractivity contribution in [1.29, 1.82) is 0 Å². The van der Waals surface area contributed by atoms with Crippen molar-refractivity contribution in [1.82, 2.24) is 14.9 Å². The molecule has 120 valence electrons. The second-order valence-corrected chi connectivity index (χ2v) is 5.71. The van der Waals surface area contributed by atoms with Crippen molar-refractivity contribution in [2.75, 3.05) is 31.1 Å². The van der Waals surface area contributed by atoms with Crippen LogP contribution in [0.3, 0.4) is 0 Å². The Morgan fingerprint density at radius 2 is 1.61 bits per heavy atom. The van der Waals surface area contributed by atoms with E-state index in [1.807, 2.05) is 0 Å². The maximum atomic E-state index is 4.89. The highest BCUT2D eigenvalue weighted by molar-refractivity contribution is 5.85. The van der Waals surface area contributed by atoms with E-state index in [4.69, 9.17) is 4.98 Å². The fourth-order valence-electron chi connectivity index (χ4n) is 3.09. The van der Waals surface area contributed by atoms with Crippen molar-refractivity contribution in [2.24, 2.45) is 0 Å². The second-order valence-electron chi connectivity index (χ2n) is 5.71. The molecule has 2 aromatic carbocycles. The number of imidazole rings is 1. The molecule has 23 heavy (non-hydrogen) atoms. The molecule has 3 aromatic rings.